The number of carbonyl (C=O) groups excluding carboxylic acids is 2. The van der Waals surface area contributed by atoms with Crippen molar-refractivity contribution in [2.24, 2.45) is 11.8 Å². The molecule has 5 N–H and O–H groups in total. The van der Waals surface area contributed by atoms with Gasteiger partial charge < -0.3 is 25.7 Å². The molecule has 5 rings (SSSR count). The van der Waals surface area contributed by atoms with Crippen LogP contribution in [0.5, 0.6) is 0 Å². The van der Waals surface area contributed by atoms with Crippen molar-refractivity contribution in [3.8, 4) is 0 Å². The smallest absolute Gasteiger partial charge is 0.255 e. The first-order chi connectivity index (χ1) is 18.4. The van der Waals surface area contributed by atoms with E-state index in [1.807, 2.05) is 18.2 Å². The number of hydrogen-bond acceptors (Lipinski definition) is 9. The van der Waals surface area contributed by atoms with Gasteiger partial charge in [0.1, 0.15) is 12.0 Å². The lowest BCUT2D eigenvalue weighted by atomic mass is 9.85. The fourth-order valence-electron chi connectivity index (χ4n) is 5.13. The SMILES string of the molecule is CNC(=O)C1CCC(NC(=O)c2cnc(Nc3ccc4ncsc4c3)cc2N(N)[C@H]2CCOC[C@@H]2F)CC1. The first-order valence-corrected chi connectivity index (χ1v) is 13.7. The average molecular weight is 542 g/mol. The molecule has 12 heteroatoms. The van der Waals surface area contributed by atoms with E-state index in [1.54, 1.807) is 18.6 Å². The Kier molecular flexibility index (Phi) is 8.01. The molecule has 1 saturated carbocycles. The fourth-order valence-corrected chi connectivity index (χ4v) is 5.85. The zero-order valence-electron chi connectivity index (χ0n) is 21.2. The van der Waals surface area contributed by atoms with Gasteiger partial charge in [0.15, 0.2) is 0 Å². The van der Waals surface area contributed by atoms with Crippen LogP contribution < -0.4 is 26.8 Å². The number of pyridine rings is 1. The summed E-state index contributed by atoms with van der Waals surface area (Å²) < 4.78 is 21.0. The second kappa shape index (κ2) is 11.6. The maximum absolute atomic E-state index is 14.8. The molecule has 1 saturated heterocycles. The fraction of sp³-hybridized carbons (Fsp3) is 0.462. The molecule has 2 amide bonds. The molecule has 0 bridgehead atoms. The molecule has 3 heterocycles. The summed E-state index contributed by atoms with van der Waals surface area (Å²) in [5.41, 5.74) is 4.16. The number of anilines is 3. The Bertz CT molecular complexity index is 1300. The lowest BCUT2D eigenvalue weighted by molar-refractivity contribution is -0.125. The van der Waals surface area contributed by atoms with Crippen LogP contribution in [-0.4, -0.2) is 60.3 Å². The van der Waals surface area contributed by atoms with E-state index >= 15 is 0 Å². The van der Waals surface area contributed by atoms with Crippen LogP contribution in [0.3, 0.4) is 0 Å². The summed E-state index contributed by atoms with van der Waals surface area (Å²) in [7, 11) is 1.64. The predicted octanol–water partition coefficient (Wildman–Crippen LogP) is 3.28. The van der Waals surface area contributed by atoms with Gasteiger partial charge >= 0.3 is 0 Å². The van der Waals surface area contributed by atoms with Gasteiger partial charge in [-0.2, -0.15) is 0 Å². The highest BCUT2D eigenvalue weighted by Gasteiger charge is 2.33. The van der Waals surface area contributed by atoms with E-state index in [4.69, 9.17) is 10.6 Å². The van der Waals surface area contributed by atoms with Gasteiger partial charge in [0.25, 0.3) is 5.91 Å². The molecule has 0 radical (unpaired) electrons. The van der Waals surface area contributed by atoms with Crippen LogP contribution in [-0.2, 0) is 9.53 Å². The molecule has 38 heavy (non-hydrogen) atoms. The van der Waals surface area contributed by atoms with Crippen molar-refractivity contribution in [3.05, 3.63) is 41.5 Å². The first-order valence-electron chi connectivity index (χ1n) is 12.8. The zero-order valence-corrected chi connectivity index (χ0v) is 22.0. The van der Waals surface area contributed by atoms with Gasteiger partial charge in [0, 0.05) is 43.6 Å². The minimum atomic E-state index is -1.29. The molecule has 202 valence electrons. The molecule has 0 spiro atoms. The minimum absolute atomic E-state index is 0.0329. The second-order valence-electron chi connectivity index (χ2n) is 9.74. The Morgan fingerprint density at radius 3 is 2.74 bits per heavy atom. The van der Waals surface area contributed by atoms with Gasteiger partial charge in [0.05, 0.1) is 39.6 Å². The van der Waals surface area contributed by atoms with E-state index in [9.17, 15) is 14.0 Å². The zero-order chi connectivity index (χ0) is 26.6. The number of rotatable bonds is 7. The number of carbonyl (C=O) groups is 2. The van der Waals surface area contributed by atoms with Crippen molar-refractivity contribution in [1.82, 2.24) is 20.6 Å². The number of benzene rings is 1. The Hall–Kier alpha value is -3.35. The molecular formula is C26H32FN7O3S. The number of hydrogen-bond donors (Lipinski definition) is 4. The summed E-state index contributed by atoms with van der Waals surface area (Å²) >= 11 is 1.54. The van der Waals surface area contributed by atoms with Gasteiger partial charge in [-0.25, -0.2) is 20.2 Å². The van der Waals surface area contributed by atoms with Gasteiger partial charge in [-0.1, -0.05) is 0 Å². The third kappa shape index (κ3) is 5.71. The molecule has 1 aliphatic carbocycles. The molecule has 1 aromatic carbocycles. The highest BCUT2D eigenvalue weighted by molar-refractivity contribution is 7.16. The predicted molar refractivity (Wildman–Crippen MR) is 145 cm³/mol. The van der Waals surface area contributed by atoms with Crippen molar-refractivity contribution in [2.75, 3.05) is 30.6 Å². The average Bonchev–Trinajstić information content (AvgIpc) is 3.41. The number of ether oxygens (including phenoxy) is 1. The number of hydrazine groups is 1. The number of nitrogens with zero attached hydrogens (tertiary/aromatic N) is 3. The molecule has 2 aliphatic rings. The minimum Gasteiger partial charge on any atom is -0.378 e. The van der Waals surface area contributed by atoms with Crippen LogP contribution >= 0.6 is 11.3 Å². The van der Waals surface area contributed by atoms with Crippen molar-refractivity contribution >= 4 is 50.6 Å². The number of nitrogens with one attached hydrogen (secondary N) is 3. The molecule has 1 aliphatic heterocycles. The van der Waals surface area contributed by atoms with Crippen molar-refractivity contribution in [3.63, 3.8) is 0 Å². The quantitative estimate of drug-likeness (QED) is 0.265. The normalized spacial score (nSPS) is 23.6. The van der Waals surface area contributed by atoms with E-state index in [0.29, 0.717) is 50.2 Å². The number of alkyl halides is 1. The summed E-state index contributed by atoms with van der Waals surface area (Å²) in [5, 5.41) is 10.4. The standard InChI is InChI=1S/C26H32FN7O3S/c1-29-25(35)15-2-4-16(5-3-15)33-26(36)18-12-30-24(32-17-6-7-20-23(10-17)38-14-31-20)11-22(18)34(28)21-8-9-37-13-19(21)27/h6-7,10-12,14-16,19,21H,2-5,8-9,13,28H2,1H3,(H,29,35)(H,30,32)(H,33,36)/t15?,16?,19-,21-/m0/s1. The number of aromatic nitrogens is 2. The Morgan fingerprint density at radius 1 is 1.16 bits per heavy atom. The Morgan fingerprint density at radius 2 is 1.97 bits per heavy atom. The van der Waals surface area contributed by atoms with Crippen LogP contribution in [0.2, 0.25) is 0 Å². The van der Waals surface area contributed by atoms with E-state index in [1.165, 1.54) is 22.5 Å². The highest BCUT2D eigenvalue weighted by atomic mass is 32.1. The Balaban J connectivity index is 1.37. The summed E-state index contributed by atoms with van der Waals surface area (Å²) in [6.07, 6.45) is 3.39. The maximum atomic E-state index is 14.8. The highest BCUT2D eigenvalue weighted by Crippen LogP contribution is 2.30. The summed E-state index contributed by atoms with van der Waals surface area (Å²) in [5.74, 6) is 6.63. The molecule has 3 aromatic rings. The van der Waals surface area contributed by atoms with Crippen LogP contribution in [0.1, 0.15) is 42.5 Å². The molecular weight excluding hydrogens is 509 g/mol. The topological polar surface area (TPSA) is 134 Å². The summed E-state index contributed by atoms with van der Waals surface area (Å²) in [6.45, 7) is 0.347. The second-order valence-corrected chi connectivity index (χ2v) is 10.6. The summed E-state index contributed by atoms with van der Waals surface area (Å²) in [4.78, 5) is 34.1. The van der Waals surface area contributed by atoms with Crippen LogP contribution in [0.15, 0.2) is 36.0 Å². The number of fused-ring (bicyclic) bond motifs is 1. The lowest BCUT2D eigenvalue weighted by Crippen LogP contribution is -2.52. The van der Waals surface area contributed by atoms with E-state index in [0.717, 1.165) is 15.9 Å². The van der Waals surface area contributed by atoms with E-state index in [2.05, 4.69) is 25.9 Å². The van der Waals surface area contributed by atoms with Crippen molar-refractivity contribution in [1.29, 1.82) is 0 Å². The van der Waals surface area contributed by atoms with E-state index in [-0.39, 0.29) is 35.9 Å². The Labute approximate surface area is 224 Å². The molecule has 2 atom stereocenters. The monoisotopic (exact) mass is 541 g/mol. The van der Waals surface area contributed by atoms with Gasteiger partial charge in [0.2, 0.25) is 5.91 Å². The number of thiazole rings is 1. The van der Waals surface area contributed by atoms with Crippen molar-refractivity contribution < 1.29 is 18.7 Å². The van der Waals surface area contributed by atoms with Gasteiger partial charge in [-0.15, -0.1) is 11.3 Å². The number of amides is 2. The van der Waals surface area contributed by atoms with Crippen LogP contribution in [0.4, 0.5) is 21.6 Å². The first kappa shape index (κ1) is 26.3. The molecule has 2 aromatic heterocycles. The lowest BCUT2D eigenvalue weighted by Gasteiger charge is -2.35. The molecule has 10 nitrogen and oxygen atoms in total. The number of halogens is 1. The summed E-state index contributed by atoms with van der Waals surface area (Å²) in [6, 6.07) is 6.76. The van der Waals surface area contributed by atoms with Crippen molar-refractivity contribution in [2.45, 2.75) is 50.4 Å². The largest absolute Gasteiger partial charge is 0.378 e. The van der Waals surface area contributed by atoms with Gasteiger partial charge in [-0.05, 0) is 50.3 Å². The molecule has 2 fully saturated rings. The third-order valence-electron chi connectivity index (χ3n) is 7.30. The third-order valence-corrected chi connectivity index (χ3v) is 8.09. The van der Waals surface area contributed by atoms with Crippen LogP contribution in [0.25, 0.3) is 10.2 Å². The van der Waals surface area contributed by atoms with Crippen LogP contribution in [0, 0.1) is 5.92 Å². The van der Waals surface area contributed by atoms with Gasteiger partial charge in [-0.3, -0.25) is 9.59 Å². The maximum Gasteiger partial charge on any atom is 0.255 e. The number of nitrogens with two attached hydrogens (primary N) is 1. The van der Waals surface area contributed by atoms with E-state index < -0.39 is 12.2 Å². The molecule has 0 unspecified atom stereocenters.